The maximum atomic E-state index is 5.63. The Bertz CT molecular complexity index is 584. The van der Waals surface area contributed by atoms with Crippen molar-refractivity contribution in [1.82, 2.24) is 0 Å². The summed E-state index contributed by atoms with van der Waals surface area (Å²) in [4.78, 5) is 0.393. The number of rotatable bonds is 7. The van der Waals surface area contributed by atoms with Gasteiger partial charge < -0.3 is 15.2 Å². The highest BCUT2D eigenvalue weighted by Crippen LogP contribution is 2.16. The van der Waals surface area contributed by atoms with Crippen molar-refractivity contribution in [2.75, 3.05) is 13.2 Å². The number of hydrogen-bond donors (Lipinski definition) is 1. The van der Waals surface area contributed by atoms with Gasteiger partial charge in [0.25, 0.3) is 0 Å². The molecule has 0 aliphatic heterocycles. The van der Waals surface area contributed by atoms with E-state index in [9.17, 15) is 0 Å². The van der Waals surface area contributed by atoms with Crippen LogP contribution >= 0.6 is 28.1 Å². The van der Waals surface area contributed by atoms with Gasteiger partial charge in [-0.25, -0.2) is 0 Å². The van der Waals surface area contributed by atoms with Crippen LogP contribution in [0, 0.1) is 0 Å². The Balaban J connectivity index is 1.67. The Labute approximate surface area is 138 Å². The molecule has 110 valence electrons. The van der Waals surface area contributed by atoms with Crippen LogP contribution in [0.1, 0.15) is 12.0 Å². The van der Waals surface area contributed by atoms with Crippen LogP contribution in [-0.2, 0) is 0 Å². The van der Waals surface area contributed by atoms with Crippen LogP contribution in [0.4, 0.5) is 0 Å². The van der Waals surface area contributed by atoms with Gasteiger partial charge in [-0.15, -0.1) is 0 Å². The molecule has 0 aliphatic carbocycles. The molecule has 2 aromatic rings. The molecule has 0 aliphatic rings. The zero-order chi connectivity index (χ0) is 15.1. The maximum absolute atomic E-state index is 5.63. The molecule has 2 rings (SSSR count). The first-order chi connectivity index (χ1) is 10.1. The quantitative estimate of drug-likeness (QED) is 0.596. The second-order valence-electron chi connectivity index (χ2n) is 4.39. The van der Waals surface area contributed by atoms with Gasteiger partial charge in [0, 0.05) is 16.5 Å². The maximum Gasteiger partial charge on any atom is 0.119 e. The molecule has 5 heteroatoms. The normalized spacial score (nSPS) is 10.1. The van der Waals surface area contributed by atoms with Gasteiger partial charge in [-0.05, 0) is 48.5 Å². The fourth-order valence-corrected chi connectivity index (χ4v) is 2.09. The van der Waals surface area contributed by atoms with E-state index in [0.29, 0.717) is 18.2 Å². The van der Waals surface area contributed by atoms with E-state index in [0.717, 1.165) is 28.0 Å². The number of hydrogen-bond acceptors (Lipinski definition) is 3. The van der Waals surface area contributed by atoms with Gasteiger partial charge in [-0.3, -0.25) is 0 Å². The average molecular weight is 366 g/mol. The first-order valence-electron chi connectivity index (χ1n) is 6.56. The predicted molar refractivity (Wildman–Crippen MR) is 92.1 cm³/mol. The lowest BCUT2D eigenvalue weighted by Crippen LogP contribution is -2.09. The van der Waals surface area contributed by atoms with Crippen molar-refractivity contribution in [2.45, 2.75) is 6.42 Å². The highest BCUT2D eigenvalue weighted by Gasteiger charge is 1.98. The standard InChI is InChI=1S/C16H16BrNO2S/c17-13-4-8-15(9-5-13)20-11-1-10-19-14-6-2-12(3-7-14)16(18)21/h2-9H,1,10-11H2,(H2,18,21). The van der Waals surface area contributed by atoms with Gasteiger partial charge in [-0.2, -0.15) is 0 Å². The minimum absolute atomic E-state index is 0.393. The Hall–Kier alpha value is -1.59. The molecule has 0 unspecified atom stereocenters. The van der Waals surface area contributed by atoms with Crippen LogP contribution in [0.3, 0.4) is 0 Å². The molecular formula is C16H16BrNO2S. The van der Waals surface area contributed by atoms with Crippen molar-refractivity contribution < 1.29 is 9.47 Å². The minimum Gasteiger partial charge on any atom is -0.493 e. The smallest absolute Gasteiger partial charge is 0.119 e. The van der Waals surface area contributed by atoms with Crippen LogP contribution in [0.25, 0.3) is 0 Å². The number of benzene rings is 2. The summed E-state index contributed by atoms with van der Waals surface area (Å²) in [6.45, 7) is 1.22. The SMILES string of the molecule is NC(=S)c1ccc(OCCCOc2ccc(Br)cc2)cc1. The molecular weight excluding hydrogens is 350 g/mol. The molecule has 0 heterocycles. The zero-order valence-electron chi connectivity index (χ0n) is 11.4. The van der Waals surface area contributed by atoms with Crippen LogP contribution in [0.2, 0.25) is 0 Å². The summed E-state index contributed by atoms with van der Waals surface area (Å²) >= 11 is 8.29. The van der Waals surface area contributed by atoms with Crippen LogP contribution in [-0.4, -0.2) is 18.2 Å². The molecule has 3 nitrogen and oxygen atoms in total. The summed E-state index contributed by atoms with van der Waals surface area (Å²) in [5.41, 5.74) is 6.38. The first kappa shape index (κ1) is 15.8. The van der Waals surface area contributed by atoms with E-state index >= 15 is 0 Å². The van der Waals surface area contributed by atoms with Crippen molar-refractivity contribution in [3.8, 4) is 11.5 Å². The predicted octanol–water partition coefficient (Wildman–Crippen LogP) is 3.93. The highest BCUT2D eigenvalue weighted by atomic mass is 79.9. The molecule has 0 atom stereocenters. The molecule has 2 N–H and O–H groups in total. The third-order valence-corrected chi connectivity index (χ3v) is 3.54. The number of ether oxygens (including phenoxy) is 2. The van der Waals surface area contributed by atoms with E-state index in [4.69, 9.17) is 27.4 Å². The summed E-state index contributed by atoms with van der Waals surface area (Å²) in [6, 6.07) is 15.2. The van der Waals surface area contributed by atoms with Gasteiger partial charge in [0.15, 0.2) is 0 Å². The van der Waals surface area contributed by atoms with Crippen LogP contribution in [0.15, 0.2) is 53.0 Å². The second-order valence-corrected chi connectivity index (χ2v) is 5.75. The van der Waals surface area contributed by atoms with E-state index < -0.39 is 0 Å². The lowest BCUT2D eigenvalue weighted by atomic mass is 10.2. The third-order valence-electron chi connectivity index (χ3n) is 2.78. The van der Waals surface area contributed by atoms with Gasteiger partial charge >= 0.3 is 0 Å². The monoisotopic (exact) mass is 365 g/mol. The number of nitrogens with two attached hydrogens (primary N) is 1. The summed E-state index contributed by atoms with van der Waals surface area (Å²) in [6.07, 6.45) is 0.813. The van der Waals surface area contributed by atoms with Crippen molar-refractivity contribution >= 4 is 33.1 Å². The van der Waals surface area contributed by atoms with E-state index in [2.05, 4.69) is 15.9 Å². The molecule has 0 fully saturated rings. The fraction of sp³-hybridized carbons (Fsp3) is 0.188. The summed E-state index contributed by atoms with van der Waals surface area (Å²) in [5.74, 6) is 1.66. The van der Waals surface area contributed by atoms with E-state index in [1.54, 1.807) is 0 Å². The van der Waals surface area contributed by atoms with Gasteiger partial charge in [0.1, 0.15) is 16.5 Å². The van der Waals surface area contributed by atoms with Crippen LogP contribution < -0.4 is 15.2 Å². The molecule has 21 heavy (non-hydrogen) atoms. The Morgan fingerprint density at radius 3 is 1.86 bits per heavy atom. The topological polar surface area (TPSA) is 44.5 Å². The van der Waals surface area contributed by atoms with Gasteiger partial charge in [-0.1, -0.05) is 28.1 Å². The molecule has 2 aromatic carbocycles. The lowest BCUT2D eigenvalue weighted by Gasteiger charge is -2.08. The molecule has 0 spiro atoms. The second kappa shape index (κ2) is 8.00. The summed E-state index contributed by atoms with van der Waals surface area (Å²) < 4.78 is 12.3. The summed E-state index contributed by atoms with van der Waals surface area (Å²) in [5, 5.41) is 0. The Morgan fingerprint density at radius 2 is 1.38 bits per heavy atom. The van der Waals surface area contributed by atoms with E-state index in [1.165, 1.54) is 0 Å². The molecule has 0 saturated heterocycles. The van der Waals surface area contributed by atoms with Crippen molar-refractivity contribution in [3.05, 3.63) is 58.6 Å². The van der Waals surface area contributed by atoms with Gasteiger partial charge in [0.05, 0.1) is 13.2 Å². The van der Waals surface area contributed by atoms with Gasteiger partial charge in [0.2, 0.25) is 0 Å². The van der Waals surface area contributed by atoms with Crippen molar-refractivity contribution in [2.24, 2.45) is 5.73 Å². The average Bonchev–Trinajstić information content (AvgIpc) is 2.49. The Kier molecular flexibility index (Phi) is 6.02. The van der Waals surface area contributed by atoms with Crippen molar-refractivity contribution in [1.29, 1.82) is 0 Å². The highest BCUT2D eigenvalue weighted by molar-refractivity contribution is 9.10. The van der Waals surface area contributed by atoms with E-state index in [1.807, 2.05) is 48.5 Å². The lowest BCUT2D eigenvalue weighted by molar-refractivity contribution is 0.247. The largest absolute Gasteiger partial charge is 0.493 e. The molecule has 0 radical (unpaired) electrons. The molecule has 0 saturated carbocycles. The summed E-state index contributed by atoms with van der Waals surface area (Å²) in [7, 11) is 0. The number of thiocarbonyl (C=S) groups is 1. The minimum atomic E-state index is 0.393. The van der Waals surface area contributed by atoms with Crippen LogP contribution in [0.5, 0.6) is 11.5 Å². The first-order valence-corrected chi connectivity index (χ1v) is 7.76. The molecule has 0 aromatic heterocycles. The fourth-order valence-electron chi connectivity index (χ4n) is 1.69. The third kappa shape index (κ3) is 5.36. The van der Waals surface area contributed by atoms with E-state index in [-0.39, 0.29) is 0 Å². The zero-order valence-corrected chi connectivity index (χ0v) is 13.8. The molecule has 0 bridgehead atoms. The Morgan fingerprint density at radius 1 is 0.905 bits per heavy atom. The van der Waals surface area contributed by atoms with Crippen molar-refractivity contribution in [3.63, 3.8) is 0 Å². The molecule has 0 amide bonds. The number of halogens is 1.